The molecular weight excluding hydrogens is 560 g/mol. The number of benzene rings is 1. The van der Waals surface area contributed by atoms with Gasteiger partial charge in [-0.2, -0.15) is 4.73 Å². The molecule has 242 valence electrons. The fourth-order valence-corrected chi connectivity index (χ4v) is 4.84. The molecule has 2 rings (SSSR count). The summed E-state index contributed by atoms with van der Waals surface area (Å²) < 4.78 is 0.576. The number of rotatable bonds is 17. The second-order valence-electron chi connectivity index (χ2n) is 12.2. The van der Waals surface area contributed by atoms with Crippen molar-refractivity contribution in [1.29, 1.82) is 0 Å². The molecule has 0 spiro atoms. The van der Waals surface area contributed by atoms with Crippen LogP contribution in [0.3, 0.4) is 0 Å². The SMILES string of the molecule is CCC[C@H](NC(=O)[C@H](CC(C)(C)C)NC(=O)c1cc[n+]([O-])cc1)C(=O)N[C@H](CN[C@@H](CC)C(=O)NCC)Cc1ccccc1. The van der Waals surface area contributed by atoms with Crippen LogP contribution in [0, 0.1) is 10.6 Å². The zero-order valence-electron chi connectivity index (χ0n) is 26.9. The number of pyridine rings is 1. The quantitative estimate of drug-likeness (QED) is 0.137. The van der Waals surface area contributed by atoms with Gasteiger partial charge >= 0.3 is 0 Å². The summed E-state index contributed by atoms with van der Waals surface area (Å²) >= 11 is 0. The monoisotopic (exact) mass is 610 g/mol. The second-order valence-corrected chi connectivity index (χ2v) is 12.2. The van der Waals surface area contributed by atoms with Crippen molar-refractivity contribution in [3.05, 3.63) is 71.2 Å². The molecule has 2 aromatic rings. The van der Waals surface area contributed by atoms with Gasteiger partial charge in [-0.15, -0.1) is 0 Å². The molecule has 1 aromatic carbocycles. The van der Waals surface area contributed by atoms with E-state index in [0.717, 1.165) is 5.56 Å². The second kappa shape index (κ2) is 18.0. The summed E-state index contributed by atoms with van der Waals surface area (Å²) in [7, 11) is 0. The predicted molar refractivity (Wildman–Crippen MR) is 170 cm³/mol. The minimum absolute atomic E-state index is 0.0921. The zero-order valence-corrected chi connectivity index (χ0v) is 26.9. The number of hydrogen-bond donors (Lipinski definition) is 5. The Labute approximate surface area is 261 Å². The van der Waals surface area contributed by atoms with Crippen LogP contribution in [0.2, 0.25) is 0 Å². The summed E-state index contributed by atoms with van der Waals surface area (Å²) in [6.07, 6.45) is 4.93. The van der Waals surface area contributed by atoms with Crippen molar-refractivity contribution in [3.63, 3.8) is 0 Å². The molecular formula is C33H50N6O5. The van der Waals surface area contributed by atoms with Crippen molar-refractivity contribution in [2.75, 3.05) is 13.1 Å². The topological polar surface area (TPSA) is 155 Å². The molecule has 1 aromatic heterocycles. The maximum absolute atomic E-state index is 13.7. The molecule has 0 fully saturated rings. The molecule has 4 atom stereocenters. The molecule has 0 unspecified atom stereocenters. The van der Waals surface area contributed by atoms with Crippen LogP contribution in [0.1, 0.15) is 83.1 Å². The number of hydrogen-bond acceptors (Lipinski definition) is 6. The summed E-state index contributed by atoms with van der Waals surface area (Å²) in [6.45, 7) is 12.5. The highest BCUT2D eigenvalue weighted by atomic mass is 16.5. The molecule has 0 bridgehead atoms. The fraction of sp³-hybridized carbons (Fsp3) is 0.545. The number of carbonyl (C=O) groups excluding carboxylic acids is 4. The highest BCUT2D eigenvalue weighted by Gasteiger charge is 2.31. The average molecular weight is 611 g/mol. The van der Waals surface area contributed by atoms with Crippen LogP contribution in [0.5, 0.6) is 0 Å². The minimum atomic E-state index is -0.904. The van der Waals surface area contributed by atoms with Crippen LogP contribution >= 0.6 is 0 Å². The fourth-order valence-electron chi connectivity index (χ4n) is 4.84. The van der Waals surface area contributed by atoms with Crippen LogP contribution in [-0.2, 0) is 20.8 Å². The van der Waals surface area contributed by atoms with Gasteiger partial charge in [0.2, 0.25) is 17.7 Å². The Kier molecular flexibility index (Phi) is 14.8. The Bertz CT molecular complexity index is 1200. The van der Waals surface area contributed by atoms with E-state index in [-0.39, 0.29) is 28.8 Å². The molecule has 5 N–H and O–H groups in total. The first-order chi connectivity index (χ1) is 20.9. The first-order valence-electron chi connectivity index (χ1n) is 15.5. The Morgan fingerprint density at radius 2 is 1.45 bits per heavy atom. The van der Waals surface area contributed by atoms with Gasteiger partial charge in [-0.3, -0.25) is 19.2 Å². The summed E-state index contributed by atoms with van der Waals surface area (Å²) in [5.41, 5.74) is 0.970. The lowest BCUT2D eigenvalue weighted by molar-refractivity contribution is -0.605. The standard InChI is InChI=1S/C33H50N6O5/c1-7-13-27(37-32(43)28(21-33(4,5)6)38-29(40)24-16-18-39(44)19-17-24)31(42)36-25(20-23-14-11-10-12-15-23)22-35-26(8-2)30(41)34-9-3/h10-12,14-19,25-28,35H,7-9,13,20-22H2,1-6H3,(H,34,41)(H,36,42)(H,37,43)(H,38,40)/t25-,26-,27-,28-/m0/s1. The highest BCUT2D eigenvalue weighted by Crippen LogP contribution is 2.21. The van der Waals surface area contributed by atoms with E-state index in [0.29, 0.717) is 49.9 Å². The molecule has 4 amide bonds. The van der Waals surface area contributed by atoms with E-state index in [4.69, 9.17) is 0 Å². The Hall–Kier alpha value is -3.99. The van der Waals surface area contributed by atoms with Crippen LogP contribution in [0.15, 0.2) is 54.9 Å². The number of aromatic nitrogens is 1. The van der Waals surface area contributed by atoms with Crippen LogP contribution < -0.4 is 31.3 Å². The first-order valence-corrected chi connectivity index (χ1v) is 15.5. The maximum Gasteiger partial charge on any atom is 0.252 e. The number of nitrogens with one attached hydrogen (secondary N) is 5. The van der Waals surface area contributed by atoms with Crippen LogP contribution in [-0.4, -0.2) is 60.9 Å². The molecule has 0 aliphatic rings. The van der Waals surface area contributed by atoms with Gasteiger partial charge in [-0.1, -0.05) is 71.4 Å². The van der Waals surface area contributed by atoms with E-state index in [9.17, 15) is 24.4 Å². The van der Waals surface area contributed by atoms with Gasteiger partial charge in [-0.25, -0.2) is 0 Å². The zero-order chi connectivity index (χ0) is 32.7. The minimum Gasteiger partial charge on any atom is -0.619 e. The van der Waals surface area contributed by atoms with Crippen molar-refractivity contribution in [2.24, 2.45) is 5.41 Å². The molecule has 11 heteroatoms. The predicted octanol–water partition coefficient (Wildman–Crippen LogP) is 2.37. The molecule has 0 saturated heterocycles. The van der Waals surface area contributed by atoms with Crippen molar-refractivity contribution >= 4 is 23.6 Å². The average Bonchev–Trinajstić information content (AvgIpc) is 2.97. The number of likely N-dealkylation sites (N-methyl/N-ethyl adjacent to an activating group) is 1. The van der Waals surface area contributed by atoms with Gasteiger partial charge in [-0.05, 0) is 43.6 Å². The van der Waals surface area contributed by atoms with Gasteiger partial charge in [0.15, 0.2) is 12.4 Å². The Morgan fingerprint density at radius 1 is 0.818 bits per heavy atom. The first kappa shape index (κ1) is 36.2. The van der Waals surface area contributed by atoms with Crippen molar-refractivity contribution in [2.45, 2.75) is 97.8 Å². The third-order valence-corrected chi connectivity index (χ3v) is 7.07. The summed E-state index contributed by atoms with van der Waals surface area (Å²) in [5, 5.41) is 26.3. The molecule has 0 aliphatic heterocycles. The van der Waals surface area contributed by atoms with Crippen LogP contribution in [0.4, 0.5) is 0 Å². The van der Waals surface area contributed by atoms with E-state index in [1.165, 1.54) is 24.5 Å². The largest absolute Gasteiger partial charge is 0.619 e. The third kappa shape index (κ3) is 12.7. The maximum atomic E-state index is 13.7. The molecule has 1 heterocycles. The number of amides is 4. The normalized spacial score (nSPS) is 14.0. The molecule has 0 radical (unpaired) electrons. The van der Waals surface area contributed by atoms with Gasteiger partial charge in [0, 0.05) is 31.3 Å². The lowest BCUT2D eigenvalue weighted by atomic mass is 9.87. The molecule has 0 saturated carbocycles. The third-order valence-electron chi connectivity index (χ3n) is 7.07. The van der Waals surface area contributed by atoms with Crippen molar-refractivity contribution < 1.29 is 23.9 Å². The number of nitrogens with zero attached hydrogens (tertiary/aromatic N) is 1. The van der Waals surface area contributed by atoms with E-state index in [1.807, 2.05) is 71.9 Å². The smallest absolute Gasteiger partial charge is 0.252 e. The summed E-state index contributed by atoms with van der Waals surface area (Å²) in [6, 6.07) is 10.0. The van der Waals surface area contributed by atoms with Gasteiger partial charge in [0.05, 0.1) is 11.6 Å². The lowest BCUT2D eigenvalue weighted by Gasteiger charge is -2.29. The molecule has 0 aliphatic carbocycles. The Morgan fingerprint density at radius 3 is 2.02 bits per heavy atom. The van der Waals surface area contributed by atoms with Gasteiger partial charge in [0.25, 0.3) is 5.91 Å². The summed E-state index contributed by atoms with van der Waals surface area (Å²) in [4.78, 5) is 52.7. The lowest BCUT2D eigenvalue weighted by Crippen LogP contribution is -2.57. The molecule has 11 nitrogen and oxygen atoms in total. The van der Waals surface area contributed by atoms with E-state index < -0.39 is 29.9 Å². The van der Waals surface area contributed by atoms with Gasteiger partial charge in [0.1, 0.15) is 12.1 Å². The number of carbonyl (C=O) groups is 4. The van der Waals surface area contributed by atoms with Crippen molar-refractivity contribution in [3.8, 4) is 0 Å². The van der Waals surface area contributed by atoms with E-state index in [1.54, 1.807) is 0 Å². The highest BCUT2D eigenvalue weighted by molar-refractivity contribution is 5.98. The van der Waals surface area contributed by atoms with Gasteiger partial charge < -0.3 is 31.8 Å². The van der Waals surface area contributed by atoms with E-state index >= 15 is 0 Å². The molecule has 44 heavy (non-hydrogen) atoms. The Balaban J connectivity index is 2.21. The van der Waals surface area contributed by atoms with Crippen LogP contribution in [0.25, 0.3) is 0 Å². The van der Waals surface area contributed by atoms with E-state index in [2.05, 4.69) is 26.6 Å². The van der Waals surface area contributed by atoms with Crippen molar-refractivity contribution in [1.82, 2.24) is 26.6 Å². The summed E-state index contributed by atoms with van der Waals surface area (Å²) in [5.74, 6) is -1.38.